The first kappa shape index (κ1) is 17.4. The summed E-state index contributed by atoms with van der Waals surface area (Å²) in [7, 11) is 0. The predicted octanol–water partition coefficient (Wildman–Crippen LogP) is 3.79. The number of thioether (sulfide) groups is 1. The predicted molar refractivity (Wildman–Crippen MR) is 103 cm³/mol. The van der Waals surface area contributed by atoms with E-state index in [1.165, 1.54) is 16.7 Å². The summed E-state index contributed by atoms with van der Waals surface area (Å²) in [5, 5.41) is 4.37. The number of carbonyl (C=O) groups excluding carboxylic acids is 2. The second-order valence-electron chi connectivity index (χ2n) is 5.05. The summed E-state index contributed by atoms with van der Waals surface area (Å²) in [5.41, 5.74) is 2.01. The quantitative estimate of drug-likeness (QED) is 0.592. The Morgan fingerprint density at radius 1 is 1.32 bits per heavy atom. The molecule has 0 aliphatic carbocycles. The maximum Gasteiger partial charge on any atom is 0.316 e. The van der Waals surface area contributed by atoms with E-state index >= 15 is 0 Å². The van der Waals surface area contributed by atoms with Crippen LogP contribution in [0.2, 0.25) is 0 Å². The summed E-state index contributed by atoms with van der Waals surface area (Å²) in [6, 6.07) is 11.2. The Hall–Kier alpha value is -2.38. The molecule has 3 rings (SSSR count). The van der Waals surface area contributed by atoms with Crippen LogP contribution in [0, 0.1) is 0 Å². The molecule has 2 aromatic rings. The van der Waals surface area contributed by atoms with Crippen molar-refractivity contribution >= 4 is 51.9 Å². The molecule has 5 nitrogen and oxygen atoms in total. The van der Waals surface area contributed by atoms with Crippen molar-refractivity contribution in [2.45, 2.75) is 6.92 Å². The number of benzene rings is 1. The third-order valence-corrected chi connectivity index (χ3v) is 4.93. The van der Waals surface area contributed by atoms with Crippen molar-refractivity contribution < 1.29 is 14.3 Å². The van der Waals surface area contributed by atoms with Gasteiger partial charge in [0.2, 0.25) is 0 Å². The monoisotopic (exact) mass is 372 g/mol. The van der Waals surface area contributed by atoms with Gasteiger partial charge in [-0.25, -0.2) is 4.99 Å². The minimum Gasteiger partial charge on any atom is -0.465 e. The first-order chi connectivity index (χ1) is 12.2. The minimum atomic E-state index is -0.328. The molecule has 1 amide bonds. The number of amides is 1. The van der Waals surface area contributed by atoms with Crippen molar-refractivity contribution in [2.24, 2.45) is 4.99 Å². The topological polar surface area (TPSA) is 59.0 Å². The largest absolute Gasteiger partial charge is 0.465 e. The maximum atomic E-state index is 12.8. The van der Waals surface area contributed by atoms with E-state index < -0.39 is 0 Å². The number of carbonyl (C=O) groups is 2. The maximum absolute atomic E-state index is 12.8. The van der Waals surface area contributed by atoms with Crippen LogP contribution in [0.5, 0.6) is 0 Å². The van der Waals surface area contributed by atoms with Crippen molar-refractivity contribution in [1.29, 1.82) is 0 Å². The van der Waals surface area contributed by atoms with E-state index in [0.717, 1.165) is 11.3 Å². The number of ether oxygens (including phenoxy) is 1. The number of rotatable bonds is 5. The average molecular weight is 372 g/mol. The standard InChI is InChI=1S/C18H16N2O3S2/c1-2-23-16(21)12-25-18-19-15(10-13-8-9-24-11-13)17(22)20(18)14-6-4-3-5-7-14/h3-11H,2,12H2,1H3/b15-10+. The van der Waals surface area contributed by atoms with Gasteiger partial charge in [0.15, 0.2) is 5.17 Å². The van der Waals surface area contributed by atoms with Crippen LogP contribution >= 0.6 is 23.1 Å². The number of amidine groups is 1. The molecule has 0 unspecified atom stereocenters. The molecule has 0 bridgehead atoms. The molecule has 0 N–H and O–H groups in total. The van der Waals surface area contributed by atoms with E-state index in [0.29, 0.717) is 17.5 Å². The lowest BCUT2D eigenvalue weighted by Gasteiger charge is -2.17. The van der Waals surface area contributed by atoms with Crippen molar-refractivity contribution in [3.63, 3.8) is 0 Å². The Balaban J connectivity index is 1.88. The molecule has 0 spiro atoms. The molecule has 1 aromatic carbocycles. The molecule has 0 saturated carbocycles. The average Bonchev–Trinajstić information content (AvgIpc) is 3.23. The van der Waals surface area contributed by atoms with Crippen LogP contribution < -0.4 is 4.90 Å². The number of aliphatic imine (C=N–C) groups is 1. The van der Waals surface area contributed by atoms with Crippen LogP contribution in [-0.4, -0.2) is 29.4 Å². The number of esters is 1. The number of hydrogen-bond acceptors (Lipinski definition) is 6. The summed E-state index contributed by atoms with van der Waals surface area (Å²) in [6.45, 7) is 2.09. The highest BCUT2D eigenvalue weighted by molar-refractivity contribution is 8.14. The zero-order valence-corrected chi connectivity index (χ0v) is 15.2. The molecule has 0 atom stereocenters. The lowest BCUT2D eigenvalue weighted by Crippen LogP contribution is -2.30. The van der Waals surface area contributed by atoms with Crippen LogP contribution in [0.15, 0.2) is 57.8 Å². The van der Waals surface area contributed by atoms with E-state index in [1.54, 1.807) is 24.3 Å². The van der Waals surface area contributed by atoms with Gasteiger partial charge in [0, 0.05) is 0 Å². The van der Waals surface area contributed by atoms with Gasteiger partial charge in [0.25, 0.3) is 5.91 Å². The normalized spacial score (nSPS) is 15.6. The fourth-order valence-electron chi connectivity index (χ4n) is 2.24. The SMILES string of the molecule is CCOC(=O)CSC1=N/C(=C/c2ccsc2)C(=O)N1c1ccccc1. The van der Waals surface area contributed by atoms with Gasteiger partial charge in [-0.3, -0.25) is 14.5 Å². The number of anilines is 1. The van der Waals surface area contributed by atoms with Gasteiger partial charge in [0.05, 0.1) is 18.0 Å². The van der Waals surface area contributed by atoms with Crippen LogP contribution in [0.1, 0.15) is 12.5 Å². The summed E-state index contributed by atoms with van der Waals surface area (Å²) in [5.74, 6) is -0.427. The number of nitrogens with zero attached hydrogens (tertiary/aromatic N) is 2. The van der Waals surface area contributed by atoms with Gasteiger partial charge in [-0.1, -0.05) is 30.0 Å². The molecular formula is C18H16N2O3S2. The van der Waals surface area contributed by atoms with E-state index in [-0.39, 0.29) is 17.6 Å². The molecule has 0 radical (unpaired) electrons. The summed E-state index contributed by atoms with van der Waals surface area (Å²) in [6.07, 6.45) is 1.76. The Morgan fingerprint density at radius 3 is 2.80 bits per heavy atom. The second kappa shape index (κ2) is 8.13. The van der Waals surface area contributed by atoms with Gasteiger partial charge in [-0.05, 0) is 47.5 Å². The van der Waals surface area contributed by atoms with E-state index in [4.69, 9.17) is 4.74 Å². The van der Waals surface area contributed by atoms with Crippen molar-refractivity contribution in [1.82, 2.24) is 0 Å². The summed E-state index contributed by atoms with van der Waals surface area (Å²) < 4.78 is 4.95. The highest BCUT2D eigenvalue weighted by Crippen LogP contribution is 2.29. The molecule has 1 aliphatic heterocycles. The van der Waals surface area contributed by atoms with Crippen molar-refractivity contribution in [3.05, 3.63) is 58.4 Å². The lowest BCUT2D eigenvalue weighted by atomic mass is 10.2. The summed E-state index contributed by atoms with van der Waals surface area (Å²) in [4.78, 5) is 30.5. The molecule has 1 aliphatic rings. The first-order valence-corrected chi connectivity index (χ1v) is 9.62. The summed E-state index contributed by atoms with van der Waals surface area (Å²) >= 11 is 2.75. The molecule has 1 aromatic heterocycles. The molecular weight excluding hydrogens is 356 g/mol. The zero-order valence-electron chi connectivity index (χ0n) is 13.5. The fraction of sp³-hybridized carbons (Fsp3) is 0.167. The van der Waals surface area contributed by atoms with Gasteiger partial charge < -0.3 is 4.74 Å². The van der Waals surface area contributed by atoms with Crippen LogP contribution in [0.25, 0.3) is 6.08 Å². The van der Waals surface area contributed by atoms with Crippen LogP contribution in [-0.2, 0) is 14.3 Å². The van der Waals surface area contributed by atoms with E-state index in [9.17, 15) is 9.59 Å². The smallest absolute Gasteiger partial charge is 0.316 e. The second-order valence-corrected chi connectivity index (χ2v) is 6.77. The molecule has 0 saturated heterocycles. The molecule has 7 heteroatoms. The minimum absolute atomic E-state index is 0.106. The highest BCUT2D eigenvalue weighted by atomic mass is 32.2. The van der Waals surface area contributed by atoms with Crippen molar-refractivity contribution in [2.75, 3.05) is 17.3 Å². The number of thiophene rings is 1. The van der Waals surface area contributed by atoms with E-state index in [1.807, 2.05) is 47.2 Å². The van der Waals surface area contributed by atoms with Crippen LogP contribution in [0.3, 0.4) is 0 Å². The Morgan fingerprint density at radius 2 is 2.12 bits per heavy atom. The zero-order chi connectivity index (χ0) is 17.6. The van der Waals surface area contributed by atoms with Gasteiger partial charge in [0.1, 0.15) is 5.70 Å². The Bertz CT molecular complexity index is 814. The number of hydrogen-bond donors (Lipinski definition) is 0. The Labute approximate surface area is 154 Å². The van der Waals surface area contributed by atoms with Crippen molar-refractivity contribution in [3.8, 4) is 0 Å². The molecule has 2 heterocycles. The van der Waals surface area contributed by atoms with Gasteiger partial charge >= 0.3 is 5.97 Å². The highest BCUT2D eigenvalue weighted by Gasteiger charge is 2.32. The lowest BCUT2D eigenvalue weighted by molar-refractivity contribution is -0.139. The third-order valence-electron chi connectivity index (χ3n) is 3.31. The van der Waals surface area contributed by atoms with Gasteiger partial charge in [-0.15, -0.1) is 0 Å². The first-order valence-electron chi connectivity index (χ1n) is 7.69. The van der Waals surface area contributed by atoms with Crippen LogP contribution in [0.4, 0.5) is 5.69 Å². The fourth-order valence-corrected chi connectivity index (χ4v) is 3.67. The van der Waals surface area contributed by atoms with Gasteiger partial charge in [-0.2, -0.15) is 11.3 Å². The van der Waals surface area contributed by atoms with E-state index in [2.05, 4.69) is 4.99 Å². The molecule has 0 fully saturated rings. The molecule has 128 valence electrons. The number of para-hydroxylation sites is 1. The molecule has 25 heavy (non-hydrogen) atoms. The Kier molecular flexibility index (Phi) is 5.67. The third kappa shape index (κ3) is 4.18.